The topological polar surface area (TPSA) is 61.9 Å². The zero-order chi connectivity index (χ0) is 16.4. The fraction of sp³-hybridized carbons (Fsp3) is 0.500. The van der Waals surface area contributed by atoms with Crippen LogP contribution in [0.2, 0.25) is 0 Å². The monoisotopic (exact) mass is 312 g/mol. The van der Waals surface area contributed by atoms with Crippen LogP contribution in [-0.2, 0) is 5.41 Å². The lowest BCUT2D eigenvalue weighted by molar-refractivity contribution is 0.0605. The number of pyridine rings is 1. The highest BCUT2D eigenvalue weighted by molar-refractivity contribution is 5.92. The highest BCUT2D eigenvalue weighted by Crippen LogP contribution is 2.32. The van der Waals surface area contributed by atoms with Gasteiger partial charge in [-0.3, -0.25) is 14.9 Å². The SMILES string of the molecule is CC(C)(C)c1cc(C(=O)N2CCCC[C@@H]2c2cccnc2)n[nH]1. The van der Waals surface area contributed by atoms with Crippen molar-refractivity contribution in [3.8, 4) is 0 Å². The van der Waals surface area contributed by atoms with E-state index in [9.17, 15) is 4.79 Å². The quantitative estimate of drug-likeness (QED) is 0.923. The Bertz CT molecular complexity index is 672. The van der Waals surface area contributed by atoms with Crippen LogP contribution in [0.1, 0.15) is 67.8 Å². The smallest absolute Gasteiger partial charge is 0.274 e. The molecular weight excluding hydrogens is 288 g/mol. The van der Waals surface area contributed by atoms with E-state index in [4.69, 9.17) is 0 Å². The highest BCUT2D eigenvalue weighted by Gasteiger charge is 2.30. The third-order valence-corrected chi connectivity index (χ3v) is 4.44. The molecule has 2 aromatic heterocycles. The van der Waals surface area contributed by atoms with E-state index >= 15 is 0 Å². The van der Waals surface area contributed by atoms with Crippen molar-refractivity contribution in [1.82, 2.24) is 20.1 Å². The molecule has 1 aliphatic rings. The van der Waals surface area contributed by atoms with Crippen molar-refractivity contribution in [2.45, 2.75) is 51.5 Å². The molecule has 122 valence electrons. The lowest BCUT2D eigenvalue weighted by atomic mass is 9.92. The van der Waals surface area contributed by atoms with Gasteiger partial charge in [-0.25, -0.2) is 0 Å². The van der Waals surface area contributed by atoms with Crippen LogP contribution in [-0.4, -0.2) is 32.5 Å². The highest BCUT2D eigenvalue weighted by atomic mass is 16.2. The molecule has 2 aromatic rings. The van der Waals surface area contributed by atoms with E-state index in [1.165, 1.54) is 0 Å². The molecule has 1 N–H and O–H groups in total. The molecule has 0 unspecified atom stereocenters. The van der Waals surface area contributed by atoms with E-state index in [1.54, 1.807) is 6.20 Å². The molecule has 3 rings (SSSR count). The van der Waals surface area contributed by atoms with Crippen molar-refractivity contribution in [1.29, 1.82) is 0 Å². The lowest BCUT2D eigenvalue weighted by Crippen LogP contribution is -2.38. The van der Waals surface area contributed by atoms with Gasteiger partial charge in [-0.05, 0) is 37.0 Å². The van der Waals surface area contributed by atoms with E-state index in [2.05, 4.69) is 36.0 Å². The normalized spacial score (nSPS) is 18.9. The number of aromatic nitrogens is 3. The number of piperidine rings is 1. The zero-order valence-corrected chi connectivity index (χ0v) is 14.0. The van der Waals surface area contributed by atoms with Gasteiger partial charge in [0.25, 0.3) is 5.91 Å². The maximum Gasteiger partial charge on any atom is 0.274 e. The largest absolute Gasteiger partial charge is 0.330 e. The summed E-state index contributed by atoms with van der Waals surface area (Å²) in [6, 6.07) is 5.96. The number of H-pyrrole nitrogens is 1. The minimum absolute atomic E-state index is 0.00491. The van der Waals surface area contributed by atoms with Gasteiger partial charge in [-0.15, -0.1) is 0 Å². The molecule has 3 heterocycles. The van der Waals surface area contributed by atoms with Crippen molar-refractivity contribution in [3.05, 3.63) is 47.5 Å². The number of nitrogens with zero attached hydrogens (tertiary/aromatic N) is 3. The Morgan fingerprint density at radius 2 is 2.17 bits per heavy atom. The molecule has 5 nitrogen and oxygen atoms in total. The zero-order valence-electron chi connectivity index (χ0n) is 14.0. The van der Waals surface area contributed by atoms with Crippen molar-refractivity contribution in [2.75, 3.05) is 6.54 Å². The molecule has 1 fully saturated rings. The van der Waals surface area contributed by atoms with Gasteiger partial charge in [0, 0.05) is 30.0 Å². The first kappa shape index (κ1) is 15.7. The van der Waals surface area contributed by atoms with Crippen LogP contribution in [0.5, 0.6) is 0 Å². The van der Waals surface area contributed by atoms with E-state index < -0.39 is 0 Å². The number of nitrogens with one attached hydrogen (secondary N) is 1. The summed E-state index contributed by atoms with van der Waals surface area (Å²) >= 11 is 0. The Morgan fingerprint density at radius 3 is 2.83 bits per heavy atom. The minimum Gasteiger partial charge on any atom is -0.330 e. The van der Waals surface area contributed by atoms with E-state index in [0.717, 1.165) is 37.1 Å². The van der Waals surface area contributed by atoms with Gasteiger partial charge in [0.2, 0.25) is 0 Å². The van der Waals surface area contributed by atoms with E-state index in [-0.39, 0.29) is 17.4 Å². The molecule has 5 heteroatoms. The standard InChI is InChI=1S/C18H24N4O/c1-18(2,3)16-11-14(20-21-16)17(23)22-10-5-4-8-15(22)13-7-6-9-19-12-13/h6-7,9,11-12,15H,4-5,8,10H2,1-3H3,(H,20,21)/t15-/m1/s1. The molecule has 0 radical (unpaired) electrons. The second-order valence-corrected chi connectivity index (χ2v) is 7.21. The molecule has 0 aliphatic carbocycles. The van der Waals surface area contributed by atoms with Crippen LogP contribution >= 0.6 is 0 Å². The number of aromatic amines is 1. The summed E-state index contributed by atoms with van der Waals surface area (Å²) in [5.74, 6) is 0.00491. The fourth-order valence-corrected chi connectivity index (χ4v) is 3.06. The average Bonchev–Trinajstić information content (AvgIpc) is 3.05. The molecule has 0 saturated carbocycles. The summed E-state index contributed by atoms with van der Waals surface area (Å²) in [4.78, 5) is 19.1. The Hall–Kier alpha value is -2.17. The summed E-state index contributed by atoms with van der Waals surface area (Å²) in [6.45, 7) is 7.09. The Labute approximate surface area is 137 Å². The number of carbonyl (C=O) groups is 1. The minimum atomic E-state index is -0.0455. The number of hydrogen-bond acceptors (Lipinski definition) is 3. The van der Waals surface area contributed by atoms with Crippen LogP contribution in [0.15, 0.2) is 30.6 Å². The molecule has 0 spiro atoms. The van der Waals surface area contributed by atoms with Crippen LogP contribution in [0.4, 0.5) is 0 Å². The van der Waals surface area contributed by atoms with Gasteiger partial charge < -0.3 is 4.90 Å². The summed E-state index contributed by atoms with van der Waals surface area (Å²) in [5.41, 5.74) is 2.55. The Kier molecular flexibility index (Phi) is 4.20. The molecule has 0 aromatic carbocycles. The van der Waals surface area contributed by atoms with Crippen molar-refractivity contribution >= 4 is 5.91 Å². The second kappa shape index (κ2) is 6.14. The van der Waals surface area contributed by atoms with Crippen molar-refractivity contribution in [2.24, 2.45) is 0 Å². The van der Waals surface area contributed by atoms with E-state index in [1.807, 2.05) is 29.3 Å². The lowest BCUT2D eigenvalue weighted by Gasteiger charge is -2.35. The van der Waals surface area contributed by atoms with Gasteiger partial charge in [-0.2, -0.15) is 5.10 Å². The third-order valence-electron chi connectivity index (χ3n) is 4.44. The summed E-state index contributed by atoms with van der Waals surface area (Å²) < 4.78 is 0. The molecule has 1 atom stereocenters. The predicted octanol–water partition coefficient (Wildman–Crippen LogP) is 3.47. The Morgan fingerprint density at radius 1 is 1.35 bits per heavy atom. The van der Waals surface area contributed by atoms with Crippen molar-refractivity contribution < 1.29 is 4.79 Å². The first-order valence-electron chi connectivity index (χ1n) is 8.23. The third kappa shape index (κ3) is 3.28. The molecule has 1 amide bonds. The molecular formula is C18H24N4O. The van der Waals surface area contributed by atoms with Crippen LogP contribution in [0.25, 0.3) is 0 Å². The summed E-state index contributed by atoms with van der Waals surface area (Å²) in [5, 5.41) is 7.26. The number of carbonyl (C=O) groups excluding carboxylic acids is 1. The van der Waals surface area contributed by atoms with Crippen LogP contribution in [0, 0.1) is 0 Å². The van der Waals surface area contributed by atoms with Crippen LogP contribution in [0.3, 0.4) is 0 Å². The van der Waals surface area contributed by atoms with Crippen LogP contribution < -0.4 is 0 Å². The first-order chi connectivity index (χ1) is 11.0. The number of amides is 1. The molecule has 1 saturated heterocycles. The molecule has 23 heavy (non-hydrogen) atoms. The first-order valence-corrected chi connectivity index (χ1v) is 8.23. The fourth-order valence-electron chi connectivity index (χ4n) is 3.06. The van der Waals surface area contributed by atoms with Gasteiger partial charge in [0.15, 0.2) is 0 Å². The Balaban J connectivity index is 1.86. The number of hydrogen-bond donors (Lipinski definition) is 1. The predicted molar refractivity (Wildman–Crippen MR) is 89.2 cm³/mol. The van der Waals surface area contributed by atoms with Crippen molar-refractivity contribution in [3.63, 3.8) is 0 Å². The summed E-state index contributed by atoms with van der Waals surface area (Å²) in [7, 11) is 0. The number of rotatable bonds is 2. The maximum absolute atomic E-state index is 12.9. The second-order valence-electron chi connectivity index (χ2n) is 7.21. The molecule has 1 aliphatic heterocycles. The molecule has 0 bridgehead atoms. The number of likely N-dealkylation sites (tertiary alicyclic amines) is 1. The van der Waals surface area contributed by atoms with Gasteiger partial charge >= 0.3 is 0 Å². The van der Waals surface area contributed by atoms with E-state index in [0.29, 0.717) is 5.69 Å². The average molecular weight is 312 g/mol. The summed E-state index contributed by atoms with van der Waals surface area (Å²) in [6.07, 6.45) is 6.79. The van der Waals surface area contributed by atoms with Gasteiger partial charge in [-0.1, -0.05) is 26.8 Å². The van der Waals surface area contributed by atoms with Gasteiger partial charge in [0.05, 0.1) is 6.04 Å². The maximum atomic E-state index is 12.9. The van der Waals surface area contributed by atoms with Gasteiger partial charge in [0.1, 0.15) is 5.69 Å².